The van der Waals surface area contributed by atoms with Gasteiger partial charge in [0.05, 0.1) is 0 Å². The highest BCUT2D eigenvalue weighted by Gasteiger charge is 2.20. The van der Waals surface area contributed by atoms with Gasteiger partial charge in [0.25, 0.3) is 0 Å². The molecule has 0 radical (unpaired) electrons. The van der Waals surface area contributed by atoms with Gasteiger partial charge in [0.1, 0.15) is 0 Å². The molecule has 0 aromatic carbocycles. The Hall–Kier alpha value is -0.380. The van der Waals surface area contributed by atoms with Gasteiger partial charge in [-0.05, 0) is 51.4 Å². The van der Waals surface area contributed by atoms with Crippen LogP contribution in [0, 0.1) is 6.92 Å². The molecule has 1 fully saturated rings. The van der Waals surface area contributed by atoms with E-state index in [1.807, 2.05) is 11.3 Å². The third-order valence-electron chi connectivity index (χ3n) is 3.80. The summed E-state index contributed by atoms with van der Waals surface area (Å²) < 4.78 is 0. The van der Waals surface area contributed by atoms with Crippen LogP contribution in [0.5, 0.6) is 0 Å². The van der Waals surface area contributed by atoms with E-state index in [1.165, 1.54) is 54.0 Å². The quantitative estimate of drug-likeness (QED) is 0.690. The standard InChI is InChI=1S/C16H28N2S/c1-4-5-6-9-18(3)12-14-10-16(19-13(14)2)11-17-15-7-8-15/h10,15,17H,4-9,11-12H2,1-3H3. The monoisotopic (exact) mass is 280 g/mol. The predicted molar refractivity (Wildman–Crippen MR) is 84.8 cm³/mol. The molecule has 0 spiro atoms. The highest BCUT2D eigenvalue weighted by molar-refractivity contribution is 7.12. The third-order valence-corrected chi connectivity index (χ3v) is 4.89. The first kappa shape index (κ1) is 15.0. The number of nitrogens with zero attached hydrogens (tertiary/aromatic N) is 1. The molecule has 1 aliphatic carbocycles. The van der Waals surface area contributed by atoms with Gasteiger partial charge in [0.2, 0.25) is 0 Å². The Morgan fingerprint density at radius 3 is 2.84 bits per heavy atom. The van der Waals surface area contributed by atoms with Gasteiger partial charge in [0.15, 0.2) is 0 Å². The molecule has 108 valence electrons. The van der Waals surface area contributed by atoms with E-state index in [2.05, 4.69) is 37.2 Å². The average molecular weight is 280 g/mol. The number of hydrogen-bond donors (Lipinski definition) is 1. The fraction of sp³-hybridized carbons (Fsp3) is 0.750. The summed E-state index contributed by atoms with van der Waals surface area (Å²) in [7, 11) is 2.24. The maximum Gasteiger partial charge on any atom is 0.0302 e. The molecule has 3 heteroatoms. The molecule has 1 aromatic heterocycles. The van der Waals surface area contributed by atoms with Gasteiger partial charge in [-0.25, -0.2) is 0 Å². The van der Waals surface area contributed by atoms with Crippen molar-refractivity contribution in [3.63, 3.8) is 0 Å². The van der Waals surface area contributed by atoms with E-state index in [0.717, 1.165) is 19.1 Å². The minimum absolute atomic E-state index is 0.808. The molecule has 0 unspecified atom stereocenters. The van der Waals surface area contributed by atoms with Crippen molar-refractivity contribution in [1.29, 1.82) is 0 Å². The zero-order valence-electron chi connectivity index (χ0n) is 12.7. The molecular formula is C16H28N2S. The highest BCUT2D eigenvalue weighted by Crippen LogP contribution is 2.25. The SMILES string of the molecule is CCCCCN(C)Cc1cc(CNC2CC2)sc1C. The molecule has 0 amide bonds. The van der Waals surface area contributed by atoms with Gasteiger partial charge in [-0.3, -0.25) is 0 Å². The second kappa shape index (κ2) is 7.41. The second-order valence-electron chi connectivity index (χ2n) is 5.89. The Morgan fingerprint density at radius 1 is 1.37 bits per heavy atom. The molecule has 1 N–H and O–H groups in total. The number of thiophene rings is 1. The lowest BCUT2D eigenvalue weighted by Crippen LogP contribution is -2.19. The summed E-state index contributed by atoms with van der Waals surface area (Å²) in [5.41, 5.74) is 1.52. The summed E-state index contributed by atoms with van der Waals surface area (Å²) in [6.07, 6.45) is 6.73. The van der Waals surface area contributed by atoms with Crippen molar-refractivity contribution in [2.24, 2.45) is 0 Å². The molecule has 1 heterocycles. The van der Waals surface area contributed by atoms with E-state index in [9.17, 15) is 0 Å². The van der Waals surface area contributed by atoms with Crippen LogP contribution in [0.15, 0.2) is 6.07 Å². The van der Waals surface area contributed by atoms with Crippen LogP contribution < -0.4 is 5.32 Å². The van der Waals surface area contributed by atoms with E-state index >= 15 is 0 Å². The number of unbranched alkanes of at least 4 members (excludes halogenated alkanes) is 2. The Labute approximate surface area is 122 Å². The van der Waals surface area contributed by atoms with E-state index in [1.54, 1.807) is 0 Å². The Morgan fingerprint density at radius 2 is 2.16 bits per heavy atom. The Kier molecular flexibility index (Phi) is 5.86. The Bertz CT molecular complexity index is 382. The number of hydrogen-bond acceptors (Lipinski definition) is 3. The van der Waals surface area contributed by atoms with Crippen molar-refractivity contribution in [3.8, 4) is 0 Å². The van der Waals surface area contributed by atoms with E-state index in [4.69, 9.17) is 0 Å². The zero-order chi connectivity index (χ0) is 13.7. The number of aryl methyl sites for hydroxylation is 1. The van der Waals surface area contributed by atoms with E-state index < -0.39 is 0 Å². The van der Waals surface area contributed by atoms with Gasteiger partial charge in [0, 0.05) is 28.9 Å². The molecule has 19 heavy (non-hydrogen) atoms. The summed E-state index contributed by atoms with van der Waals surface area (Å²) in [6, 6.07) is 3.22. The highest BCUT2D eigenvalue weighted by atomic mass is 32.1. The molecule has 2 rings (SSSR count). The van der Waals surface area contributed by atoms with Crippen LogP contribution in [0.2, 0.25) is 0 Å². The largest absolute Gasteiger partial charge is 0.309 e. The molecule has 1 saturated carbocycles. The second-order valence-corrected chi connectivity index (χ2v) is 7.24. The molecular weight excluding hydrogens is 252 g/mol. The maximum atomic E-state index is 3.61. The van der Waals surface area contributed by atoms with Crippen LogP contribution in [0.3, 0.4) is 0 Å². The lowest BCUT2D eigenvalue weighted by atomic mass is 10.2. The summed E-state index contributed by atoms with van der Waals surface area (Å²) in [6.45, 7) is 7.92. The van der Waals surface area contributed by atoms with Crippen LogP contribution in [-0.4, -0.2) is 24.5 Å². The van der Waals surface area contributed by atoms with Crippen LogP contribution in [-0.2, 0) is 13.1 Å². The summed E-state index contributed by atoms with van der Waals surface area (Å²) in [5.74, 6) is 0. The van der Waals surface area contributed by atoms with Crippen molar-refractivity contribution in [2.75, 3.05) is 13.6 Å². The first-order chi connectivity index (χ1) is 9.19. The Balaban J connectivity index is 1.77. The first-order valence-corrected chi connectivity index (χ1v) is 8.50. The summed E-state index contributed by atoms with van der Waals surface area (Å²) in [4.78, 5) is 5.46. The van der Waals surface area contributed by atoms with E-state index in [-0.39, 0.29) is 0 Å². The third kappa shape index (κ3) is 5.25. The van der Waals surface area contributed by atoms with Gasteiger partial charge in [-0.2, -0.15) is 0 Å². The van der Waals surface area contributed by atoms with Gasteiger partial charge in [-0.1, -0.05) is 19.8 Å². The predicted octanol–water partition coefficient (Wildman–Crippen LogP) is 3.93. The molecule has 0 aliphatic heterocycles. The minimum atomic E-state index is 0.808. The normalized spacial score (nSPS) is 15.4. The van der Waals surface area contributed by atoms with Crippen LogP contribution in [0.4, 0.5) is 0 Å². The van der Waals surface area contributed by atoms with Crippen LogP contribution in [0.25, 0.3) is 0 Å². The fourth-order valence-electron chi connectivity index (χ4n) is 2.37. The van der Waals surface area contributed by atoms with Crippen molar-refractivity contribution in [1.82, 2.24) is 10.2 Å². The van der Waals surface area contributed by atoms with E-state index in [0.29, 0.717) is 0 Å². The van der Waals surface area contributed by atoms with Crippen molar-refractivity contribution in [3.05, 3.63) is 21.4 Å². The van der Waals surface area contributed by atoms with Gasteiger partial charge < -0.3 is 10.2 Å². The maximum absolute atomic E-state index is 3.61. The zero-order valence-corrected chi connectivity index (χ0v) is 13.5. The molecule has 0 saturated heterocycles. The number of nitrogens with one attached hydrogen (secondary N) is 1. The average Bonchev–Trinajstić information content (AvgIpc) is 3.13. The van der Waals surface area contributed by atoms with Crippen molar-refractivity contribution >= 4 is 11.3 Å². The van der Waals surface area contributed by atoms with Crippen molar-refractivity contribution < 1.29 is 0 Å². The smallest absolute Gasteiger partial charge is 0.0302 e. The van der Waals surface area contributed by atoms with Crippen molar-refractivity contribution in [2.45, 2.75) is 65.1 Å². The summed E-state index contributed by atoms with van der Waals surface area (Å²) >= 11 is 1.97. The molecule has 1 aromatic rings. The topological polar surface area (TPSA) is 15.3 Å². The first-order valence-electron chi connectivity index (χ1n) is 7.69. The molecule has 1 aliphatic rings. The van der Waals surface area contributed by atoms with Gasteiger partial charge >= 0.3 is 0 Å². The minimum Gasteiger partial charge on any atom is -0.309 e. The molecule has 0 atom stereocenters. The number of rotatable bonds is 9. The fourth-order valence-corrected chi connectivity index (χ4v) is 3.37. The van der Waals surface area contributed by atoms with Crippen LogP contribution in [0.1, 0.15) is 54.3 Å². The summed E-state index contributed by atoms with van der Waals surface area (Å²) in [5, 5.41) is 3.61. The molecule has 0 bridgehead atoms. The van der Waals surface area contributed by atoms with Gasteiger partial charge in [-0.15, -0.1) is 11.3 Å². The molecule has 2 nitrogen and oxygen atoms in total. The van der Waals surface area contributed by atoms with Crippen LogP contribution >= 0.6 is 11.3 Å². The lowest BCUT2D eigenvalue weighted by molar-refractivity contribution is 0.318. The lowest BCUT2D eigenvalue weighted by Gasteiger charge is -2.16.